The van der Waals surface area contributed by atoms with Gasteiger partial charge in [0.15, 0.2) is 0 Å². The van der Waals surface area contributed by atoms with Crippen LogP contribution in [0.25, 0.3) is 0 Å². The van der Waals surface area contributed by atoms with Crippen molar-refractivity contribution >= 4 is 35.2 Å². The smallest absolute Gasteiger partial charge is 0.408 e. The Balaban J connectivity index is 2.58. The monoisotopic (exact) mass is 553 g/mol. The van der Waals surface area contributed by atoms with Crippen LogP contribution in [0.3, 0.4) is 0 Å². The van der Waals surface area contributed by atoms with Crippen molar-refractivity contribution in [1.29, 1.82) is 0 Å². The maximum Gasteiger partial charge on any atom is 0.408 e. The second-order valence-corrected chi connectivity index (χ2v) is 11.0. The molecule has 2 aromatic rings. The summed E-state index contributed by atoms with van der Waals surface area (Å²) in [4.78, 5) is 42.4. The minimum Gasteiger partial charge on any atom is -0.444 e. The van der Waals surface area contributed by atoms with Gasteiger partial charge in [-0.2, -0.15) is 0 Å². The van der Waals surface area contributed by atoms with Gasteiger partial charge in [0.05, 0.1) is 10.7 Å². The number of para-hydroxylation sites is 1. The molecule has 0 radical (unpaired) electrons. The average molecular weight is 554 g/mol. The first kappa shape index (κ1) is 31.7. The molecule has 0 aliphatic rings. The fourth-order valence-electron chi connectivity index (χ4n) is 4.12. The number of benzene rings is 2. The lowest BCUT2D eigenvalue weighted by Crippen LogP contribution is -2.54. The summed E-state index contributed by atoms with van der Waals surface area (Å²) in [6.45, 7) is 13.1. The van der Waals surface area contributed by atoms with Crippen LogP contribution in [0.1, 0.15) is 77.1 Å². The number of halogens is 1. The number of alkyl carbamates (subject to hydrolysis) is 1. The Morgan fingerprint density at radius 3 is 2.26 bits per heavy atom. The highest BCUT2D eigenvalue weighted by molar-refractivity contribution is 6.34. The van der Waals surface area contributed by atoms with Crippen LogP contribution in [0.15, 0.2) is 42.5 Å². The van der Waals surface area contributed by atoms with Crippen LogP contribution in [0.2, 0.25) is 5.02 Å². The molecule has 0 spiro atoms. The van der Waals surface area contributed by atoms with Crippen molar-refractivity contribution in [1.82, 2.24) is 10.2 Å². The summed E-state index contributed by atoms with van der Waals surface area (Å²) in [5, 5.41) is 6.09. The molecule has 2 N–H and O–H groups in total. The van der Waals surface area contributed by atoms with Crippen molar-refractivity contribution in [3.05, 3.63) is 64.2 Å². The summed E-state index contributed by atoms with van der Waals surface area (Å²) in [6.07, 6.45) is 6.06. The molecule has 0 heterocycles. The number of ether oxygens (including phenoxy) is 1. The molecule has 7 nitrogen and oxygen atoms in total. The quantitative estimate of drug-likeness (QED) is 0.329. The Bertz CT molecular complexity index is 1180. The number of nitrogens with one attached hydrogen (secondary N) is 2. The highest BCUT2D eigenvalue weighted by atomic mass is 35.5. The van der Waals surface area contributed by atoms with Crippen LogP contribution in [-0.4, -0.2) is 41.0 Å². The summed E-state index contributed by atoms with van der Waals surface area (Å²) in [7, 11) is 0. The third kappa shape index (κ3) is 8.76. The summed E-state index contributed by atoms with van der Waals surface area (Å²) >= 11 is 6.41. The van der Waals surface area contributed by atoms with Crippen LogP contribution in [0.5, 0.6) is 0 Å². The van der Waals surface area contributed by atoms with E-state index in [-0.39, 0.29) is 18.4 Å². The molecule has 0 fully saturated rings. The average Bonchev–Trinajstić information content (AvgIpc) is 2.87. The van der Waals surface area contributed by atoms with Crippen LogP contribution in [-0.2, 0) is 14.3 Å². The Morgan fingerprint density at radius 2 is 1.74 bits per heavy atom. The summed E-state index contributed by atoms with van der Waals surface area (Å²) < 4.78 is 5.44. The first-order valence-corrected chi connectivity index (χ1v) is 13.6. The van der Waals surface area contributed by atoms with Crippen LogP contribution in [0.4, 0.5) is 10.5 Å². The Morgan fingerprint density at radius 1 is 1.10 bits per heavy atom. The van der Waals surface area contributed by atoms with Crippen LogP contribution in [0, 0.1) is 25.2 Å². The van der Waals surface area contributed by atoms with Gasteiger partial charge in [-0.3, -0.25) is 9.59 Å². The third-order valence-corrected chi connectivity index (χ3v) is 6.64. The number of hydrogen-bond donors (Lipinski definition) is 2. The normalized spacial score (nSPS) is 13.4. The van der Waals surface area contributed by atoms with Crippen molar-refractivity contribution in [3.63, 3.8) is 0 Å². The molecular formula is C31H40ClN3O4. The SMILES string of the molecule is C#Cc1ccc(C(C(=O)Nc2c(C)cccc2Cl)N(CCC)C(=O)C(NC(=O)OC(C)(C)C)C(C)CC)cc1. The Labute approximate surface area is 237 Å². The van der Waals surface area contributed by atoms with Gasteiger partial charge in [-0.1, -0.05) is 69.0 Å². The van der Waals surface area contributed by atoms with E-state index in [4.69, 9.17) is 22.8 Å². The van der Waals surface area contributed by atoms with E-state index < -0.39 is 29.7 Å². The van der Waals surface area contributed by atoms with Gasteiger partial charge in [0, 0.05) is 12.1 Å². The van der Waals surface area contributed by atoms with E-state index in [1.165, 1.54) is 4.90 Å². The molecule has 0 bridgehead atoms. The zero-order chi connectivity index (χ0) is 29.3. The molecule has 3 unspecified atom stereocenters. The third-order valence-electron chi connectivity index (χ3n) is 6.32. The highest BCUT2D eigenvalue weighted by Crippen LogP contribution is 2.30. The number of carbonyl (C=O) groups excluding carboxylic acids is 3. The number of rotatable bonds is 10. The number of nitrogens with zero attached hydrogens (tertiary/aromatic N) is 1. The van der Waals surface area contributed by atoms with E-state index in [0.29, 0.717) is 34.7 Å². The van der Waals surface area contributed by atoms with Gasteiger partial charge in [-0.25, -0.2) is 4.79 Å². The van der Waals surface area contributed by atoms with Gasteiger partial charge in [0.1, 0.15) is 17.7 Å². The number of amides is 3. The fourth-order valence-corrected chi connectivity index (χ4v) is 4.39. The Kier molecular flexibility index (Phi) is 11.4. The van der Waals surface area contributed by atoms with Crippen molar-refractivity contribution in [2.24, 2.45) is 5.92 Å². The second-order valence-electron chi connectivity index (χ2n) is 10.6. The van der Waals surface area contributed by atoms with E-state index in [9.17, 15) is 14.4 Å². The van der Waals surface area contributed by atoms with E-state index in [0.717, 1.165) is 5.56 Å². The van der Waals surface area contributed by atoms with Crippen molar-refractivity contribution in [2.75, 3.05) is 11.9 Å². The molecule has 39 heavy (non-hydrogen) atoms. The van der Waals surface area contributed by atoms with E-state index in [2.05, 4.69) is 16.6 Å². The van der Waals surface area contributed by atoms with E-state index in [1.54, 1.807) is 57.2 Å². The molecule has 2 rings (SSSR count). The molecule has 210 valence electrons. The number of aryl methyl sites for hydroxylation is 1. The van der Waals surface area contributed by atoms with Gasteiger partial charge >= 0.3 is 6.09 Å². The first-order chi connectivity index (χ1) is 18.3. The van der Waals surface area contributed by atoms with Gasteiger partial charge in [-0.05, 0) is 69.4 Å². The summed E-state index contributed by atoms with van der Waals surface area (Å²) in [5.74, 6) is 1.55. The lowest BCUT2D eigenvalue weighted by molar-refractivity contribution is -0.141. The predicted octanol–water partition coefficient (Wildman–Crippen LogP) is 6.49. The molecule has 0 aliphatic carbocycles. The largest absolute Gasteiger partial charge is 0.444 e. The maximum absolute atomic E-state index is 14.2. The number of terminal acetylenes is 1. The minimum absolute atomic E-state index is 0.220. The van der Waals surface area contributed by atoms with Crippen molar-refractivity contribution in [3.8, 4) is 12.3 Å². The topological polar surface area (TPSA) is 87.7 Å². The minimum atomic E-state index is -1.01. The van der Waals surface area contributed by atoms with E-state index >= 15 is 0 Å². The fraction of sp³-hybridized carbons (Fsp3) is 0.452. The molecule has 3 atom stereocenters. The lowest BCUT2D eigenvalue weighted by Gasteiger charge is -2.36. The van der Waals surface area contributed by atoms with Gasteiger partial charge in [0.25, 0.3) is 5.91 Å². The standard InChI is InChI=1S/C31H40ClN3O4/c1-9-19-35(29(37)26(20(4)10-2)34-30(38)39-31(6,7)8)27(23-17-15-22(11-3)16-18-23)28(36)33-25-21(5)13-12-14-24(25)32/h3,12-18,20,26-27H,9-10,19H2,1-2,4-8H3,(H,33,36)(H,34,38). The number of anilines is 1. The van der Waals surface area contributed by atoms with Gasteiger partial charge < -0.3 is 20.3 Å². The molecule has 0 saturated carbocycles. The molecule has 0 saturated heterocycles. The van der Waals surface area contributed by atoms with Gasteiger partial charge in [-0.15, -0.1) is 6.42 Å². The summed E-state index contributed by atoms with van der Waals surface area (Å²) in [6, 6.07) is 10.4. The first-order valence-electron chi connectivity index (χ1n) is 13.2. The molecule has 0 aliphatic heterocycles. The Hall–Kier alpha value is -3.50. The summed E-state index contributed by atoms with van der Waals surface area (Å²) in [5.41, 5.74) is 1.76. The van der Waals surface area contributed by atoms with Crippen LogP contribution < -0.4 is 10.6 Å². The molecule has 3 amide bonds. The predicted molar refractivity (Wildman–Crippen MR) is 157 cm³/mol. The maximum atomic E-state index is 14.2. The zero-order valence-corrected chi connectivity index (χ0v) is 24.7. The van der Waals surface area contributed by atoms with E-state index in [1.807, 2.05) is 33.8 Å². The number of carbonyl (C=O) groups is 3. The number of hydrogen-bond acceptors (Lipinski definition) is 4. The molecular weight excluding hydrogens is 514 g/mol. The lowest BCUT2D eigenvalue weighted by atomic mass is 9.95. The molecule has 0 aromatic heterocycles. The second kappa shape index (κ2) is 14.0. The van der Waals surface area contributed by atoms with Crippen LogP contribution >= 0.6 is 11.6 Å². The van der Waals surface area contributed by atoms with Crippen molar-refractivity contribution < 1.29 is 19.1 Å². The van der Waals surface area contributed by atoms with Gasteiger partial charge in [0.2, 0.25) is 5.91 Å². The molecule has 2 aromatic carbocycles. The van der Waals surface area contributed by atoms with Crippen molar-refractivity contribution in [2.45, 2.75) is 79.0 Å². The molecule has 8 heteroatoms. The zero-order valence-electron chi connectivity index (χ0n) is 23.9. The highest BCUT2D eigenvalue weighted by Gasteiger charge is 2.38.